The molecule has 2 amide bonds. The molecule has 1 aliphatic rings. The summed E-state index contributed by atoms with van der Waals surface area (Å²) in [5, 5.41) is 4.00. The van der Waals surface area contributed by atoms with Crippen LogP contribution in [-0.2, 0) is 16.0 Å². The van der Waals surface area contributed by atoms with Crippen LogP contribution in [0.5, 0.6) is 0 Å². The summed E-state index contributed by atoms with van der Waals surface area (Å²) in [6.45, 7) is 3.08. The lowest BCUT2D eigenvalue weighted by atomic mass is 10.1. The zero-order valence-electron chi connectivity index (χ0n) is 17.1. The molecule has 0 radical (unpaired) electrons. The first kappa shape index (κ1) is 20.0. The van der Waals surface area contributed by atoms with E-state index in [1.165, 1.54) is 16.6 Å². The highest BCUT2D eigenvalue weighted by Crippen LogP contribution is 2.19. The standard InChI is InChI=1S/C24H28N4O2/c29-23(12-6-7-19-17-25-22-11-5-4-10-21(19)22)26-18-24(30)28-15-13-27(14-16-28)20-8-2-1-3-9-20/h1-5,8-11,17,25H,6-7,12-16,18H2,(H,26,29). The van der Waals surface area contributed by atoms with E-state index in [2.05, 4.69) is 39.5 Å². The fourth-order valence-corrected chi connectivity index (χ4v) is 4.01. The van der Waals surface area contributed by atoms with Crippen molar-refractivity contribution in [2.75, 3.05) is 37.6 Å². The molecule has 1 aromatic heterocycles. The van der Waals surface area contributed by atoms with Crippen LogP contribution in [0.3, 0.4) is 0 Å². The van der Waals surface area contributed by atoms with Gasteiger partial charge in [-0.1, -0.05) is 36.4 Å². The van der Waals surface area contributed by atoms with Gasteiger partial charge in [0.25, 0.3) is 0 Å². The highest BCUT2D eigenvalue weighted by atomic mass is 16.2. The van der Waals surface area contributed by atoms with Crippen molar-refractivity contribution in [3.8, 4) is 0 Å². The number of rotatable bonds is 7. The Hall–Kier alpha value is -3.28. The zero-order valence-corrected chi connectivity index (χ0v) is 17.1. The number of carbonyl (C=O) groups excluding carboxylic acids is 2. The highest BCUT2D eigenvalue weighted by molar-refractivity contribution is 5.85. The van der Waals surface area contributed by atoms with Crippen LogP contribution < -0.4 is 10.2 Å². The van der Waals surface area contributed by atoms with Crippen molar-refractivity contribution in [2.45, 2.75) is 19.3 Å². The van der Waals surface area contributed by atoms with E-state index < -0.39 is 0 Å². The van der Waals surface area contributed by atoms with Crippen LogP contribution >= 0.6 is 0 Å². The second-order valence-electron chi connectivity index (χ2n) is 7.69. The largest absolute Gasteiger partial charge is 0.368 e. The van der Waals surface area contributed by atoms with Gasteiger partial charge in [0.15, 0.2) is 0 Å². The molecule has 0 bridgehead atoms. The normalized spacial score (nSPS) is 14.1. The minimum atomic E-state index is -0.0638. The van der Waals surface area contributed by atoms with Crippen molar-refractivity contribution in [3.63, 3.8) is 0 Å². The SMILES string of the molecule is O=C(CCCc1c[nH]c2ccccc12)NCC(=O)N1CCN(c2ccccc2)CC1. The molecule has 6 heteroatoms. The maximum atomic E-state index is 12.4. The number of aromatic amines is 1. The van der Waals surface area contributed by atoms with Gasteiger partial charge in [-0.05, 0) is 36.6 Å². The van der Waals surface area contributed by atoms with Crippen LogP contribution in [-0.4, -0.2) is 54.4 Å². The summed E-state index contributed by atoms with van der Waals surface area (Å²) in [4.78, 5) is 32.0. The van der Waals surface area contributed by atoms with Gasteiger partial charge >= 0.3 is 0 Å². The third-order valence-corrected chi connectivity index (χ3v) is 5.72. The van der Waals surface area contributed by atoms with E-state index in [-0.39, 0.29) is 18.4 Å². The zero-order chi connectivity index (χ0) is 20.8. The quantitative estimate of drug-likeness (QED) is 0.636. The number of carbonyl (C=O) groups is 2. The summed E-state index contributed by atoms with van der Waals surface area (Å²) >= 11 is 0. The van der Waals surface area contributed by atoms with Crippen LogP contribution in [0.15, 0.2) is 60.8 Å². The number of hydrogen-bond acceptors (Lipinski definition) is 3. The summed E-state index contributed by atoms with van der Waals surface area (Å²) in [6, 6.07) is 18.4. The van der Waals surface area contributed by atoms with Crippen LogP contribution in [0.4, 0.5) is 5.69 Å². The molecule has 1 saturated heterocycles. The Bertz CT molecular complexity index is 991. The summed E-state index contributed by atoms with van der Waals surface area (Å²) in [5.74, 6) is -0.0706. The van der Waals surface area contributed by atoms with Gasteiger partial charge in [0.2, 0.25) is 11.8 Å². The lowest BCUT2D eigenvalue weighted by molar-refractivity contribution is -0.133. The molecule has 0 spiro atoms. The molecule has 1 fully saturated rings. The Morgan fingerprint density at radius 3 is 2.47 bits per heavy atom. The average Bonchev–Trinajstić information content (AvgIpc) is 3.21. The molecular formula is C24H28N4O2. The van der Waals surface area contributed by atoms with Gasteiger partial charge in [-0.15, -0.1) is 0 Å². The molecule has 2 N–H and O–H groups in total. The number of para-hydroxylation sites is 2. The molecular weight excluding hydrogens is 376 g/mol. The maximum absolute atomic E-state index is 12.4. The second-order valence-corrected chi connectivity index (χ2v) is 7.69. The first-order valence-electron chi connectivity index (χ1n) is 10.6. The van der Waals surface area contributed by atoms with Gasteiger partial charge in [-0.3, -0.25) is 9.59 Å². The van der Waals surface area contributed by atoms with Crippen molar-refractivity contribution >= 4 is 28.4 Å². The molecule has 156 valence electrons. The third kappa shape index (κ3) is 4.82. The minimum Gasteiger partial charge on any atom is -0.368 e. The van der Waals surface area contributed by atoms with Crippen LogP contribution in [0, 0.1) is 0 Å². The Morgan fingerprint density at radius 1 is 0.933 bits per heavy atom. The Kier molecular flexibility index (Phi) is 6.32. The summed E-state index contributed by atoms with van der Waals surface area (Å²) < 4.78 is 0. The van der Waals surface area contributed by atoms with Crippen molar-refractivity contribution in [3.05, 3.63) is 66.4 Å². The van der Waals surface area contributed by atoms with Crippen LogP contribution in [0.1, 0.15) is 18.4 Å². The van der Waals surface area contributed by atoms with E-state index in [9.17, 15) is 9.59 Å². The number of nitrogens with zero attached hydrogens (tertiary/aromatic N) is 2. The molecule has 6 nitrogen and oxygen atoms in total. The first-order chi connectivity index (χ1) is 14.7. The number of fused-ring (bicyclic) bond motifs is 1. The van der Waals surface area contributed by atoms with E-state index >= 15 is 0 Å². The van der Waals surface area contributed by atoms with Crippen molar-refractivity contribution in [1.29, 1.82) is 0 Å². The van der Waals surface area contributed by atoms with Gasteiger partial charge in [-0.25, -0.2) is 0 Å². The third-order valence-electron chi connectivity index (χ3n) is 5.72. The molecule has 3 aromatic rings. The van der Waals surface area contributed by atoms with E-state index in [1.807, 2.05) is 41.4 Å². The van der Waals surface area contributed by atoms with Crippen molar-refractivity contribution < 1.29 is 9.59 Å². The van der Waals surface area contributed by atoms with E-state index in [4.69, 9.17) is 0 Å². The number of anilines is 1. The average molecular weight is 405 g/mol. The minimum absolute atomic E-state index is 0.00677. The van der Waals surface area contributed by atoms with Crippen molar-refractivity contribution in [1.82, 2.24) is 15.2 Å². The summed E-state index contributed by atoms with van der Waals surface area (Å²) in [7, 11) is 0. The maximum Gasteiger partial charge on any atom is 0.242 e. The summed E-state index contributed by atoms with van der Waals surface area (Å²) in [6.07, 6.45) is 4.04. The lowest BCUT2D eigenvalue weighted by Gasteiger charge is -2.36. The number of amides is 2. The lowest BCUT2D eigenvalue weighted by Crippen LogP contribution is -2.51. The van der Waals surface area contributed by atoms with Crippen molar-refractivity contribution in [2.24, 2.45) is 0 Å². The van der Waals surface area contributed by atoms with Gasteiger partial charge in [0.05, 0.1) is 6.54 Å². The van der Waals surface area contributed by atoms with E-state index in [1.54, 1.807) is 0 Å². The molecule has 0 atom stereocenters. The van der Waals surface area contributed by atoms with Gasteiger partial charge in [0, 0.05) is 55.4 Å². The molecule has 0 unspecified atom stereocenters. The number of piperazine rings is 1. The van der Waals surface area contributed by atoms with E-state index in [0.29, 0.717) is 19.5 Å². The van der Waals surface area contributed by atoms with Gasteiger partial charge in [-0.2, -0.15) is 0 Å². The number of benzene rings is 2. The van der Waals surface area contributed by atoms with Crippen LogP contribution in [0.2, 0.25) is 0 Å². The first-order valence-corrected chi connectivity index (χ1v) is 10.6. The topological polar surface area (TPSA) is 68.4 Å². The molecule has 1 aliphatic heterocycles. The second kappa shape index (κ2) is 9.48. The Balaban J connectivity index is 1.16. The van der Waals surface area contributed by atoms with Crippen LogP contribution in [0.25, 0.3) is 10.9 Å². The molecule has 2 heterocycles. The Labute approximate surface area is 176 Å². The number of aryl methyl sites for hydroxylation is 1. The smallest absolute Gasteiger partial charge is 0.242 e. The molecule has 2 aromatic carbocycles. The fourth-order valence-electron chi connectivity index (χ4n) is 4.01. The number of nitrogens with one attached hydrogen (secondary N) is 2. The fraction of sp³-hybridized carbons (Fsp3) is 0.333. The number of hydrogen-bond donors (Lipinski definition) is 2. The number of H-pyrrole nitrogens is 1. The Morgan fingerprint density at radius 2 is 1.67 bits per heavy atom. The molecule has 0 saturated carbocycles. The highest BCUT2D eigenvalue weighted by Gasteiger charge is 2.21. The monoisotopic (exact) mass is 404 g/mol. The van der Waals surface area contributed by atoms with Gasteiger partial charge < -0.3 is 20.1 Å². The molecule has 30 heavy (non-hydrogen) atoms. The predicted octanol–water partition coefficient (Wildman–Crippen LogP) is 2.96. The predicted molar refractivity (Wildman–Crippen MR) is 119 cm³/mol. The molecule has 0 aliphatic carbocycles. The number of aromatic nitrogens is 1. The van der Waals surface area contributed by atoms with E-state index in [0.717, 1.165) is 31.4 Å². The summed E-state index contributed by atoms with van der Waals surface area (Å²) in [5.41, 5.74) is 3.54. The molecule has 4 rings (SSSR count). The van der Waals surface area contributed by atoms with Gasteiger partial charge in [0.1, 0.15) is 0 Å².